The van der Waals surface area contributed by atoms with Crippen molar-refractivity contribution in [3.05, 3.63) is 28.7 Å². The van der Waals surface area contributed by atoms with Gasteiger partial charge in [0.05, 0.1) is 10.6 Å². The third-order valence-corrected chi connectivity index (χ3v) is 4.34. The van der Waals surface area contributed by atoms with Gasteiger partial charge in [-0.1, -0.05) is 18.3 Å². The first-order valence-corrected chi connectivity index (χ1v) is 6.94. The molecule has 1 N–H and O–H groups in total. The first-order chi connectivity index (χ1) is 8.26. The van der Waals surface area contributed by atoms with E-state index in [0.717, 1.165) is 28.4 Å². The third kappa shape index (κ3) is 2.56. The summed E-state index contributed by atoms with van der Waals surface area (Å²) in [5, 5.41) is 13.4. The maximum atomic E-state index is 9.26. The minimum absolute atomic E-state index is 0.656. The Bertz CT molecular complexity index is 494. The molecule has 4 heteroatoms. The molecule has 2 nitrogen and oxygen atoms in total. The van der Waals surface area contributed by atoms with E-state index in [1.165, 1.54) is 23.3 Å². The first kappa shape index (κ1) is 12.3. The van der Waals surface area contributed by atoms with Gasteiger partial charge in [0, 0.05) is 11.3 Å². The van der Waals surface area contributed by atoms with Gasteiger partial charge in [-0.15, -0.1) is 17.9 Å². The standard InChI is InChI=1S/C13H14N2S2/c1-2-5-12(16)15-13-10(8-14)9-6-3-4-7-11(9)17-13/h2H,1,3-7H2,(H,15,16). The van der Waals surface area contributed by atoms with E-state index in [1.807, 2.05) is 0 Å². The number of rotatable bonds is 3. The number of fused-ring (bicyclic) bond motifs is 1. The summed E-state index contributed by atoms with van der Waals surface area (Å²) in [7, 11) is 0. The van der Waals surface area contributed by atoms with Gasteiger partial charge in [0.2, 0.25) is 0 Å². The van der Waals surface area contributed by atoms with E-state index in [4.69, 9.17) is 12.2 Å². The fourth-order valence-corrected chi connectivity index (χ4v) is 3.63. The van der Waals surface area contributed by atoms with Gasteiger partial charge in [-0.25, -0.2) is 0 Å². The number of aryl methyl sites for hydroxylation is 1. The number of nitriles is 1. The zero-order chi connectivity index (χ0) is 12.3. The average Bonchev–Trinajstić information content (AvgIpc) is 2.66. The van der Waals surface area contributed by atoms with Crippen LogP contribution in [-0.4, -0.2) is 4.99 Å². The van der Waals surface area contributed by atoms with Crippen LogP contribution in [0.4, 0.5) is 5.00 Å². The Morgan fingerprint density at radius 2 is 2.29 bits per heavy atom. The second kappa shape index (κ2) is 5.44. The SMILES string of the molecule is C=CCC(=S)Nc1sc2c(c1C#N)CCCC2. The molecule has 2 rings (SSSR count). The third-order valence-electron chi connectivity index (χ3n) is 2.87. The molecule has 1 aromatic heterocycles. The van der Waals surface area contributed by atoms with Crippen molar-refractivity contribution in [1.82, 2.24) is 0 Å². The van der Waals surface area contributed by atoms with Crippen molar-refractivity contribution < 1.29 is 0 Å². The molecule has 0 fully saturated rings. The Morgan fingerprint density at radius 3 is 3.00 bits per heavy atom. The lowest BCUT2D eigenvalue weighted by Gasteiger charge is -2.09. The van der Waals surface area contributed by atoms with Crippen molar-refractivity contribution in [2.75, 3.05) is 5.32 Å². The molecule has 0 atom stereocenters. The summed E-state index contributed by atoms with van der Waals surface area (Å²) >= 11 is 6.88. The van der Waals surface area contributed by atoms with Crippen molar-refractivity contribution in [1.29, 1.82) is 5.26 Å². The second-order valence-electron chi connectivity index (χ2n) is 4.07. The fraction of sp³-hybridized carbons (Fsp3) is 0.385. The van der Waals surface area contributed by atoms with Gasteiger partial charge in [0.15, 0.2) is 0 Å². The molecule has 17 heavy (non-hydrogen) atoms. The van der Waals surface area contributed by atoms with Crippen LogP contribution in [0.3, 0.4) is 0 Å². The van der Waals surface area contributed by atoms with Crippen molar-refractivity contribution >= 4 is 33.5 Å². The predicted octanol–water partition coefficient (Wildman–Crippen LogP) is 3.81. The summed E-state index contributed by atoms with van der Waals surface area (Å²) in [6, 6.07) is 2.31. The predicted molar refractivity (Wildman–Crippen MR) is 76.7 cm³/mol. The molecule has 1 aliphatic rings. The molecule has 0 amide bonds. The van der Waals surface area contributed by atoms with Gasteiger partial charge in [-0.05, 0) is 31.2 Å². The Kier molecular flexibility index (Phi) is 3.93. The van der Waals surface area contributed by atoms with Gasteiger partial charge in [-0.3, -0.25) is 0 Å². The lowest BCUT2D eigenvalue weighted by molar-refractivity contribution is 0.696. The highest BCUT2D eigenvalue weighted by Crippen LogP contribution is 2.37. The zero-order valence-electron chi connectivity index (χ0n) is 9.58. The number of thiophene rings is 1. The molecular weight excluding hydrogens is 248 g/mol. The van der Waals surface area contributed by atoms with E-state index < -0.39 is 0 Å². The fourth-order valence-electron chi connectivity index (χ4n) is 2.08. The van der Waals surface area contributed by atoms with E-state index in [2.05, 4.69) is 18.0 Å². The summed E-state index contributed by atoms with van der Waals surface area (Å²) in [4.78, 5) is 2.09. The molecule has 0 unspecified atom stereocenters. The summed E-state index contributed by atoms with van der Waals surface area (Å²) in [5.74, 6) is 0. The number of hydrogen-bond donors (Lipinski definition) is 1. The molecule has 0 saturated carbocycles. The number of hydrogen-bond acceptors (Lipinski definition) is 3. The smallest absolute Gasteiger partial charge is 0.112 e. The van der Waals surface area contributed by atoms with Crippen molar-refractivity contribution in [2.24, 2.45) is 0 Å². The number of nitrogens with zero attached hydrogens (tertiary/aromatic N) is 1. The topological polar surface area (TPSA) is 35.8 Å². The van der Waals surface area contributed by atoms with E-state index in [0.29, 0.717) is 6.42 Å². The van der Waals surface area contributed by atoms with Gasteiger partial charge in [0.1, 0.15) is 11.1 Å². The highest BCUT2D eigenvalue weighted by molar-refractivity contribution is 7.80. The maximum absolute atomic E-state index is 9.26. The average molecular weight is 262 g/mol. The van der Waals surface area contributed by atoms with E-state index in [-0.39, 0.29) is 0 Å². The molecule has 1 aromatic rings. The lowest BCUT2D eigenvalue weighted by atomic mass is 9.96. The summed E-state index contributed by atoms with van der Waals surface area (Å²) in [6.45, 7) is 3.66. The molecule has 0 aliphatic heterocycles. The highest BCUT2D eigenvalue weighted by Gasteiger charge is 2.20. The molecule has 1 heterocycles. The van der Waals surface area contributed by atoms with Crippen LogP contribution >= 0.6 is 23.6 Å². The summed E-state index contributed by atoms with van der Waals surface area (Å²) < 4.78 is 0. The van der Waals surface area contributed by atoms with Gasteiger partial charge in [0.25, 0.3) is 0 Å². The normalized spacial score (nSPS) is 13.6. The van der Waals surface area contributed by atoms with E-state index in [1.54, 1.807) is 17.4 Å². The molecule has 0 spiro atoms. The van der Waals surface area contributed by atoms with E-state index >= 15 is 0 Å². The molecule has 88 valence electrons. The van der Waals surface area contributed by atoms with Crippen molar-refractivity contribution in [2.45, 2.75) is 32.1 Å². The summed E-state index contributed by atoms with van der Waals surface area (Å²) in [5.41, 5.74) is 2.05. The Morgan fingerprint density at radius 1 is 1.53 bits per heavy atom. The highest BCUT2D eigenvalue weighted by atomic mass is 32.1. The molecule has 0 saturated heterocycles. The van der Waals surface area contributed by atoms with Crippen LogP contribution in [0.25, 0.3) is 0 Å². The number of anilines is 1. The number of thiocarbonyl (C=S) groups is 1. The van der Waals surface area contributed by atoms with Gasteiger partial charge >= 0.3 is 0 Å². The van der Waals surface area contributed by atoms with Crippen LogP contribution in [0, 0.1) is 11.3 Å². The zero-order valence-corrected chi connectivity index (χ0v) is 11.2. The quantitative estimate of drug-likeness (QED) is 0.664. The Balaban J connectivity index is 2.28. The molecule has 1 aliphatic carbocycles. The van der Waals surface area contributed by atoms with Gasteiger partial charge < -0.3 is 5.32 Å². The van der Waals surface area contributed by atoms with Gasteiger partial charge in [-0.2, -0.15) is 5.26 Å². The number of nitrogens with one attached hydrogen (secondary N) is 1. The summed E-state index contributed by atoms with van der Waals surface area (Å²) in [6.07, 6.45) is 6.98. The van der Waals surface area contributed by atoms with Crippen LogP contribution in [0.15, 0.2) is 12.7 Å². The Hall–Kier alpha value is -1.18. The molecule has 0 bridgehead atoms. The van der Waals surface area contributed by atoms with Crippen molar-refractivity contribution in [3.63, 3.8) is 0 Å². The maximum Gasteiger partial charge on any atom is 0.112 e. The lowest BCUT2D eigenvalue weighted by Crippen LogP contribution is -2.07. The largest absolute Gasteiger partial charge is 0.340 e. The molecule has 0 aromatic carbocycles. The first-order valence-electron chi connectivity index (χ1n) is 5.71. The second-order valence-corrected chi connectivity index (χ2v) is 5.67. The van der Waals surface area contributed by atoms with Crippen LogP contribution in [-0.2, 0) is 12.8 Å². The van der Waals surface area contributed by atoms with Crippen LogP contribution in [0.5, 0.6) is 0 Å². The van der Waals surface area contributed by atoms with Crippen LogP contribution in [0.1, 0.15) is 35.3 Å². The van der Waals surface area contributed by atoms with E-state index in [9.17, 15) is 5.26 Å². The van der Waals surface area contributed by atoms with Crippen LogP contribution in [0.2, 0.25) is 0 Å². The van der Waals surface area contributed by atoms with Crippen LogP contribution < -0.4 is 5.32 Å². The van der Waals surface area contributed by atoms with Crippen molar-refractivity contribution in [3.8, 4) is 6.07 Å². The minimum atomic E-state index is 0.656. The Labute approximate surface area is 111 Å². The monoisotopic (exact) mass is 262 g/mol. The molecule has 0 radical (unpaired) electrons. The molecular formula is C13H14N2S2. The minimum Gasteiger partial charge on any atom is -0.340 e.